The highest BCUT2D eigenvalue weighted by atomic mass is 32.1. The maximum absolute atomic E-state index is 12.5. The molecule has 0 saturated heterocycles. The number of amides is 1. The molecule has 0 aliphatic carbocycles. The van der Waals surface area contributed by atoms with Gasteiger partial charge < -0.3 is 9.64 Å². The molecule has 4 nitrogen and oxygen atoms in total. The Kier molecular flexibility index (Phi) is 7.07. The van der Waals surface area contributed by atoms with Gasteiger partial charge in [-0.1, -0.05) is 24.3 Å². The zero-order valence-electron chi connectivity index (χ0n) is 14.6. The highest BCUT2D eigenvalue weighted by molar-refractivity contribution is 7.81. The number of thiol groups is 1. The normalized spacial score (nSPS) is 10.4. The largest absolute Gasteiger partial charge is 0.426 e. The van der Waals surface area contributed by atoms with E-state index in [0.717, 1.165) is 11.1 Å². The molecule has 2 rings (SSSR count). The lowest BCUT2D eigenvalue weighted by molar-refractivity contribution is -0.131. The molecule has 0 aliphatic heterocycles. The number of hydrogen-bond acceptors (Lipinski definition) is 4. The third-order valence-corrected chi connectivity index (χ3v) is 4.15. The van der Waals surface area contributed by atoms with E-state index in [2.05, 4.69) is 12.6 Å². The lowest BCUT2D eigenvalue weighted by Gasteiger charge is -2.19. The minimum atomic E-state index is -0.382. The Balaban J connectivity index is 2.16. The SMILES string of the molecule is CCN(CC)C(=O)c1cccc(Cc2cccc(OC(=O)CS)c2)c1. The summed E-state index contributed by atoms with van der Waals surface area (Å²) in [5, 5.41) is 0. The van der Waals surface area contributed by atoms with Crippen molar-refractivity contribution in [1.82, 2.24) is 4.90 Å². The second-order valence-corrected chi connectivity index (χ2v) is 5.95. The fourth-order valence-corrected chi connectivity index (χ4v) is 2.69. The Morgan fingerprint density at radius 1 is 1.00 bits per heavy atom. The Morgan fingerprint density at radius 3 is 2.28 bits per heavy atom. The van der Waals surface area contributed by atoms with Crippen LogP contribution >= 0.6 is 12.6 Å². The van der Waals surface area contributed by atoms with Gasteiger partial charge in [-0.3, -0.25) is 9.59 Å². The van der Waals surface area contributed by atoms with Crippen molar-refractivity contribution in [2.24, 2.45) is 0 Å². The first-order valence-corrected chi connectivity index (χ1v) is 8.99. The standard InChI is InChI=1S/C20H23NO3S/c1-3-21(4-2)20(23)17-9-5-7-15(12-17)11-16-8-6-10-18(13-16)24-19(22)14-25/h5-10,12-13,25H,3-4,11,14H2,1-2H3. The molecular weight excluding hydrogens is 334 g/mol. The molecule has 132 valence electrons. The second kappa shape index (κ2) is 9.28. The van der Waals surface area contributed by atoms with Crippen LogP contribution in [0, 0.1) is 0 Å². The number of esters is 1. The van der Waals surface area contributed by atoms with E-state index in [4.69, 9.17) is 4.74 Å². The Hall–Kier alpha value is -2.27. The van der Waals surface area contributed by atoms with Crippen molar-refractivity contribution in [1.29, 1.82) is 0 Å². The van der Waals surface area contributed by atoms with Gasteiger partial charge >= 0.3 is 5.97 Å². The second-order valence-electron chi connectivity index (χ2n) is 5.63. The minimum absolute atomic E-state index is 0.0414. The molecule has 0 spiro atoms. The number of carbonyl (C=O) groups excluding carboxylic acids is 2. The highest BCUT2D eigenvalue weighted by Gasteiger charge is 2.12. The minimum Gasteiger partial charge on any atom is -0.426 e. The maximum Gasteiger partial charge on any atom is 0.321 e. The number of hydrogen-bond donors (Lipinski definition) is 1. The van der Waals surface area contributed by atoms with Crippen molar-refractivity contribution < 1.29 is 14.3 Å². The van der Waals surface area contributed by atoms with Crippen molar-refractivity contribution in [2.75, 3.05) is 18.8 Å². The molecule has 2 aromatic carbocycles. The lowest BCUT2D eigenvalue weighted by Crippen LogP contribution is -2.30. The summed E-state index contributed by atoms with van der Waals surface area (Å²) in [7, 11) is 0. The highest BCUT2D eigenvalue weighted by Crippen LogP contribution is 2.18. The molecule has 5 heteroatoms. The van der Waals surface area contributed by atoms with Crippen molar-refractivity contribution in [3.8, 4) is 5.75 Å². The van der Waals surface area contributed by atoms with Gasteiger partial charge in [-0.05, 0) is 55.7 Å². The molecule has 0 unspecified atom stereocenters. The fourth-order valence-electron chi connectivity index (χ4n) is 2.63. The first-order valence-electron chi connectivity index (χ1n) is 8.36. The summed E-state index contributed by atoms with van der Waals surface area (Å²) in [6, 6.07) is 15.0. The van der Waals surface area contributed by atoms with Crippen molar-refractivity contribution >= 4 is 24.5 Å². The summed E-state index contributed by atoms with van der Waals surface area (Å²) in [6.45, 7) is 5.34. The van der Waals surface area contributed by atoms with Gasteiger partial charge in [0, 0.05) is 18.7 Å². The van der Waals surface area contributed by atoms with Crippen LogP contribution in [0.4, 0.5) is 0 Å². The fraction of sp³-hybridized carbons (Fsp3) is 0.300. The van der Waals surface area contributed by atoms with E-state index < -0.39 is 0 Å². The molecule has 25 heavy (non-hydrogen) atoms. The Bertz CT molecular complexity index is 741. The smallest absolute Gasteiger partial charge is 0.321 e. The molecule has 0 radical (unpaired) electrons. The predicted octanol–water partition coefficient (Wildman–Crippen LogP) is 3.59. The van der Waals surface area contributed by atoms with E-state index in [1.54, 1.807) is 11.0 Å². The van der Waals surface area contributed by atoms with Crippen LogP contribution in [0.5, 0.6) is 5.75 Å². The molecule has 0 aliphatic rings. The van der Waals surface area contributed by atoms with Gasteiger partial charge in [-0.25, -0.2) is 0 Å². The monoisotopic (exact) mass is 357 g/mol. The van der Waals surface area contributed by atoms with Gasteiger partial charge in [-0.2, -0.15) is 12.6 Å². The van der Waals surface area contributed by atoms with Gasteiger partial charge in [0.15, 0.2) is 0 Å². The molecule has 2 aromatic rings. The van der Waals surface area contributed by atoms with Crippen LogP contribution in [0.15, 0.2) is 48.5 Å². The summed E-state index contributed by atoms with van der Waals surface area (Å²) in [5.41, 5.74) is 2.74. The average molecular weight is 357 g/mol. The van der Waals surface area contributed by atoms with Crippen LogP contribution in [-0.2, 0) is 11.2 Å². The van der Waals surface area contributed by atoms with Crippen LogP contribution < -0.4 is 4.74 Å². The quantitative estimate of drug-likeness (QED) is 0.468. The van der Waals surface area contributed by atoms with E-state index in [-0.39, 0.29) is 17.6 Å². The van der Waals surface area contributed by atoms with Crippen LogP contribution in [0.1, 0.15) is 35.3 Å². The van der Waals surface area contributed by atoms with Crippen LogP contribution in [0.25, 0.3) is 0 Å². The first kappa shape index (κ1) is 19.1. The molecule has 0 aromatic heterocycles. The summed E-state index contributed by atoms with van der Waals surface area (Å²) >= 11 is 3.90. The van der Waals surface area contributed by atoms with E-state index in [1.165, 1.54) is 0 Å². The number of nitrogens with zero attached hydrogens (tertiary/aromatic N) is 1. The average Bonchev–Trinajstić information content (AvgIpc) is 2.63. The number of carbonyl (C=O) groups is 2. The molecule has 0 saturated carbocycles. The molecule has 0 N–H and O–H groups in total. The van der Waals surface area contributed by atoms with Crippen molar-refractivity contribution in [3.63, 3.8) is 0 Å². The third kappa shape index (κ3) is 5.36. The lowest BCUT2D eigenvalue weighted by atomic mass is 10.0. The maximum atomic E-state index is 12.5. The van der Waals surface area contributed by atoms with E-state index in [0.29, 0.717) is 30.8 Å². The Labute approximate surface area is 154 Å². The van der Waals surface area contributed by atoms with Crippen LogP contribution in [0.3, 0.4) is 0 Å². The number of ether oxygens (including phenoxy) is 1. The summed E-state index contributed by atoms with van der Waals surface area (Å²) in [4.78, 5) is 25.6. The Morgan fingerprint density at radius 2 is 1.64 bits per heavy atom. The molecular formula is C20H23NO3S. The van der Waals surface area contributed by atoms with Gasteiger partial charge in [0.1, 0.15) is 5.75 Å². The van der Waals surface area contributed by atoms with Crippen molar-refractivity contribution in [2.45, 2.75) is 20.3 Å². The summed E-state index contributed by atoms with van der Waals surface area (Å²) in [6.07, 6.45) is 0.658. The summed E-state index contributed by atoms with van der Waals surface area (Å²) < 4.78 is 5.19. The van der Waals surface area contributed by atoms with E-state index >= 15 is 0 Å². The van der Waals surface area contributed by atoms with Gasteiger partial charge in [0.05, 0.1) is 5.75 Å². The molecule has 0 fully saturated rings. The molecule has 0 atom stereocenters. The van der Waals surface area contributed by atoms with Gasteiger partial charge in [0.2, 0.25) is 0 Å². The topological polar surface area (TPSA) is 46.6 Å². The van der Waals surface area contributed by atoms with Crippen LogP contribution in [0.2, 0.25) is 0 Å². The van der Waals surface area contributed by atoms with Crippen molar-refractivity contribution in [3.05, 3.63) is 65.2 Å². The zero-order chi connectivity index (χ0) is 18.2. The van der Waals surface area contributed by atoms with E-state index in [9.17, 15) is 9.59 Å². The number of benzene rings is 2. The molecule has 0 heterocycles. The zero-order valence-corrected chi connectivity index (χ0v) is 15.5. The third-order valence-electron chi connectivity index (χ3n) is 3.89. The van der Waals surface area contributed by atoms with Gasteiger partial charge in [-0.15, -0.1) is 0 Å². The molecule has 1 amide bonds. The van der Waals surface area contributed by atoms with Gasteiger partial charge in [0.25, 0.3) is 5.91 Å². The predicted molar refractivity (Wildman–Crippen MR) is 102 cm³/mol. The summed E-state index contributed by atoms with van der Waals surface area (Å²) in [5.74, 6) is 0.210. The first-order chi connectivity index (χ1) is 12.1. The number of rotatable bonds is 7. The van der Waals surface area contributed by atoms with Crippen LogP contribution in [-0.4, -0.2) is 35.6 Å². The van der Waals surface area contributed by atoms with E-state index in [1.807, 2.05) is 56.3 Å². The molecule has 0 bridgehead atoms.